The highest BCUT2D eigenvalue weighted by atomic mass is 127. The molecule has 0 saturated carbocycles. The molecule has 0 amide bonds. The van der Waals surface area contributed by atoms with Crippen LogP contribution in [0.15, 0.2) is 40.9 Å². The van der Waals surface area contributed by atoms with Crippen LogP contribution in [-0.2, 0) is 0 Å². The maximum absolute atomic E-state index is 9.50. The number of benzene rings is 2. The van der Waals surface area contributed by atoms with Gasteiger partial charge in [-0.3, -0.25) is 0 Å². The van der Waals surface area contributed by atoms with E-state index in [0.717, 1.165) is 19.2 Å². The van der Waals surface area contributed by atoms with Gasteiger partial charge in [-0.15, -0.1) is 0 Å². The molecule has 0 heterocycles. The van der Waals surface area contributed by atoms with Crippen molar-refractivity contribution in [3.63, 3.8) is 0 Å². The Hall–Kier alpha value is -1.52. The minimum Gasteiger partial charge on any atom is -0.490 e. The fourth-order valence-corrected chi connectivity index (χ4v) is 3.13. The normalized spacial score (nSPS) is 11.0. The fourth-order valence-electron chi connectivity index (χ4n) is 2.19. The average molecular weight is 498 g/mol. The molecule has 0 aliphatic heterocycles. The van der Waals surface area contributed by atoms with Crippen LogP contribution in [0.1, 0.15) is 25.0 Å². The van der Waals surface area contributed by atoms with Gasteiger partial charge in [0.15, 0.2) is 11.5 Å². The van der Waals surface area contributed by atoms with E-state index in [1.165, 1.54) is 0 Å². The molecule has 0 bridgehead atoms. The molecular formula is C19H17BrINO2. The lowest BCUT2D eigenvalue weighted by Crippen LogP contribution is -1.99. The van der Waals surface area contributed by atoms with Crippen LogP contribution in [-0.4, -0.2) is 13.2 Å². The predicted octanol–water partition coefficient (Wildman–Crippen LogP) is 5.92. The Morgan fingerprint density at radius 1 is 1.17 bits per heavy atom. The van der Waals surface area contributed by atoms with Gasteiger partial charge in [0.2, 0.25) is 0 Å². The number of hydrogen-bond donors (Lipinski definition) is 0. The summed E-state index contributed by atoms with van der Waals surface area (Å²) in [6.45, 7) is 4.96. The average Bonchev–Trinajstić information content (AvgIpc) is 2.57. The van der Waals surface area contributed by atoms with Gasteiger partial charge in [0.1, 0.15) is 0 Å². The van der Waals surface area contributed by atoms with Crippen molar-refractivity contribution in [1.82, 2.24) is 0 Å². The standard InChI is InChI=1S/C19H17BrINO2/c1-3-23-18-11-13(10-17(20)19(18)24-4-2)9-15(12-22)14-5-7-16(21)8-6-14/h5-11H,3-4H2,1-2H3/b15-9-. The van der Waals surface area contributed by atoms with Crippen molar-refractivity contribution < 1.29 is 9.47 Å². The lowest BCUT2D eigenvalue weighted by atomic mass is 10.0. The third-order valence-corrected chi connectivity index (χ3v) is 4.52. The molecule has 0 spiro atoms. The van der Waals surface area contributed by atoms with Crippen molar-refractivity contribution in [2.45, 2.75) is 13.8 Å². The summed E-state index contributed by atoms with van der Waals surface area (Å²) in [6.07, 6.45) is 1.85. The van der Waals surface area contributed by atoms with Gasteiger partial charge in [0.25, 0.3) is 0 Å². The molecule has 0 radical (unpaired) electrons. The molecule has 0 atom stereocenters. The van der Waals surface area contributed by atoms with Gasteiger partial charge in [-0.2, -0.15) is 5.26 Å². The first-order chi connectivity index (χ1) is 11.6. The minimum atomic E-state index is 0.544. The molecule has 0 fully saturated rings. The third kappa shape index (κ3) is 4.74. The molecule has 0 saturated heterocycles. The number of hydrogen-bond acceptors (Lipinski definition) is 3. The van der Waals surface area contributed by atoms with Gasteiger partial charge in [0, 0.05) is 3.57 Å². The maximum atomic E-state index is 9.50. The van der Waals surface area contributed by atoms with Crippen molar-refractivity contribution in [3.8, 4) is 17.6 Å². The van der Waals surface area contributed by atoms with E-state index in [1.54, 1.807) is 0 Å². The summed E-state index contributed by atoms with van der Waals surface area (Å²) >= 11 is 5.77. The molecule has 2 rings (SSSR count). The van der Waals surface area contributed by atoms with Crippen LogP contribution in [0, 0.1) is 14.9 Å². The Morgan fingerprint density at radius 2 is 1.83 bits per heavy atom. The molecule has 0 aliphatic carbocycles. The van der Waals surface area contributed by atoms with E-state index in [1.807, 2.05) is 56.3 Å². The second-order valence-corrected chi connectivity index (χ2v) is 6.97. The molecule has 2 aromatic carbocycles. The molecule has 0 aromatic heterocycles. The Labute approximate surface area is 164 Å². The lowest BCUT2D eigenvalue weighted by molar-refractivity contribution is 0.286. The van der Waals surface area contributed by atoms with E-state index in [-0.39, 0.29) is 0 Å². The van der Waals surface area contributed by atoms with Crippen LogP contribution in [0.5, 0.6) is 11.5 Å². The van der Waals surface area contributed by atoms with Crippen LogP contribution < -0.4 is 9.47 Å². The first kappa shape index (κ1) is 18.8. The SMILES string of the molecule is CCOc1cc(/C=C(/C#N)c2ccc(I)cc2)cc(Br)c1OCC. The van der Waals surface area contributed by atoms with Gasteiger partial charge in [-0.05, 0) is 93.8 Å². The molecule has 0 aliphatic rings. The number of allylic oxidation sites excluding steroid dienone is 1. The Bertz CT molecular complexity index is 779. The van der Waals surface area contributed by atoms with Crippen LogP contribution in [0.3, 0.4) is 0 Å². The summed E-state index contributed by atoms with van der Waals surface area (Å²) in [4.78, 5) is 0. The van der Waals surface area contributed by atoms with Gasteiger partial charge < -0.3 is 9.47 Å². The number of ether oxygens (including phenoxy) is 2. The van der Waals surface area contributed by atoms with Crippen molar-refractivity contribution in [2.24, 2.45) is 0 Å². The van der Waals surface area contributed by atoms with Crippen molar-refractivity contribution in [1.29, 1.82) is 5.26 Å². The van der Waals surface area contributed by atoms with E-state index in [9.17, 15) is 5.26 Å². The molecule has 2 aromatic rings. The van der Waals surface area contributed by atoms with Gasteiger partial charge >= 0.3 is 0 Å². The predicted molar refractivity (Wildman–Crippen MR) is 109 cm³/mol. The third-order valence-electron chi connectivity index (χ3n) is 3.21. The lowest BCUT2D eigenvalue weighted by Gasteiger charge is -2.13. The monoisotopic (exact) mass is 497 g/mol. The topological polar surface area (TPSA) is 42.2 Å². The zero-order valence-electron chi connectivity index (χ0n) is 13.5. The quantitative estimate of drug-likeness (QED) is 0.283. The molecule has 24 heavy (non-hydrogen) atoms. The summed E-state index contributed by atoms with van der Waals surface area (Å²) in [5.74, 6) is 1.35. The second-order valence-electron chi connectivity index (χ2n) is 4.87. The highest BCUT2D eigenvalue weighted by Gasteiger charge is 2.12. The van der Waals surface area contributed by atoms with E-state index in [4.69, 9.17) is 9.47 Å². The maximum Gasteiger partial charge on any atom is 0.175 e. The van der Waals surface area contributed by atoms with Gasteiger partial charge in [0.05, 0.1) is 29.3 Å². The first-order valence-corrected chi connectivity index (χ1v) is 9.43. The van der Waals surface area contributed by atoms with E-state index in [0.29, 0.717) is 30.3 Å². The first-order valence-electron chi connectivity index (χ1n) is 7.55. The number of rotatable bonds is 6. The highest BCUT2D eigenvalue weighted by molar-refractivity contribution is 14.1. The molecule has 0 N–H and O–H groups in total. The summed E-state index contributed by atoms with van der Waals surface area (Å²) in [5.41, 5.74) is 2.37. The summed E-state index contributed by atoms with van der Waals surface area (Å²) < 4.78 is 13.3. The number of halogens is 2. The summed E-state index contributed by atoms with van der Waals surface area (Å²) in [5, 5.41) is 9.50. The van der Waals surface area contributed by atoms with E-state index in [2.05, 4.69) is 44.6 Å². The number of nitriles is 1. The van der Waals surface area contributed by atoms with Gasteiger partial charge in [-0.25, -0.2) is 0 Å². The number of nitrogens with zero attached hydrogens (tertiary/aromatic N) is 1. The molecule has 3 nitrogen and oxygen atoms in total. The van der Waals surface area contributed by atoms with Crippen molar-refractivity contribution in [2.75, 3.05) is 13.2 Å². The second kappa shape index (κ2) is 9.09. The minimum absolute atomic E-state index is 0.544. The van der Waals surface area contributed by atoms with Crippen LogP contribution >= 0.6 is 38.5 Å². The van der Waals surface area contributed by atoms with Gasteiger partial charge in [-0.1, -0.05) is 12.1 Å². The van der Waals surface area contributed by atoms with Crippen LogP contribution in [0.4, 0.5) is 0 Å². The zero-order valence-corrected chi connectivity index (χ0v) is 17.2. The Morgan fingerprint density at radius 3 is 2.42 bits per heavy atom. The highest BCUT2D eigenvalue weighted by Crippen LogP contribution is 2.37. The van der Waals surface area contributed by atoms with Crippen molar-refractivity contribution in [3.05, 3.63) is 55.6 Å². The smallest absolute Gasteiger partial charge is 0.175 e. The molecular weight excluding hydrogens is 481 g/mol. The zero-order chi connectivity index (χ0) is 17.5. The molecule has 124 valence electrons. The summed E-state index contributed by atoms with van der Waals surface area (Å²) in [6, 6.07) is 14.0. The van der Waals surface area contributed by atoms with Crippen molar-refractivity contribution >= 4 is 50.2 Å². The van der Waals surface area contributed by atoms with Crippen LogP contribution in [0.2, 0.25) is 0 Å². The molecule has 0 unspecified atom stereocenters. The van der Waals surface area contributed by atoms with Crippen LogP contribution in [0.25, 0.3) is 11.6 Å². The molecule has 5 heteroatoms. The summed E-state index contributed by atoms with van der Waals surface area (Å²) in [7, 11) is 0. The fraction of sp³-hybridized carbons (Fsp3) is 0.211. The largest absolute Gasteiger partial charge is 0.490 e. The van der Waals surface area contributed by atoms with E-state index < -0.39 is 0 Å². The Kier molecular flexibility index (Phi) is 7.13. The Balaban J connectivity index is 2.46. The van der Waals surface area contributed by atoms with E-state index >= 15 is 0 Å².